The van der Waals surface area contributed by atoms with Gasteiger partial charge in [-0.15, -0.1) is 0 Å². The van der Waals surface area contributed by atoms with E-state index in [1.165, 1.54) is 12.5 Å². The number of carbonyl (C=O) groups is 2. The lowest BCUT2D eigenvalue weighted by Crippen LogP contribution is -2.45. The molecule has 0 atom stereocenters. The first kappa shape index (κ1) is 33.7. The average molecular weight is 597 g/mol. The van der Waals surface area contributed by atoms with Crippen molar-refractivity contribution >= 4 is 23.7 Å². The zero-order valence-electron chi connectivity index (χ0n) is 26.5. The van der Waals surface area contributed by atoms with Crippen LogP contribution in [0.4, 0.5) is 15.4 Å². The molecular weight excluding hydrogens is 552 g/mol. The molecule has 1 aliphatic rings. The second kappa shape index (κ2) is 14.6. The normalized spacial score (nSPS) is 14.6. The van der Waals surface area contributed by atoms with Crippen LogP contribution in [0.5, 0.6) is 0 Å². The molecule has 43 heavy (non-hydrogen) atoms. The minimum absolute atomic E-state index is 0.0154. The maximum absolute atomic E-state index is 13.6. The summed E-state index contributed by atoms with van der Waals surface area (Å²) < 4.78 is 24.6. The van der Waals surface area contributed by atoms with Gasteiger partial charge in [-0.05, 0) is 74.1 Å². The monoisotopic (exact) mass is 596 g/mol. The number of aromatic nitrogens is 4. The Bertz CT molecular complexity index is 1290. The van der Waals surface area contributed by atoms with Crippen molar-refractivity contribution in [3.05, 3.63) is 41.9 Å². The summed E-state index contributed by atoms with van der Waals surface area (Å²) >= 11 is 0. The van der Waals surface area contributed by atoms with Crippen molar-refractivity contribution in [1.82, 2.24) is 19.7 Å². The van der Waals surface area contributed by atoms with E-state index in [1.54, 1.807) is 58.6 Å². The Balaban J connectivity index is 2.21. The fourth-order valence-corrected chi connectivity index (χ4v) is 4.83. The first-order chi connectivity index (χ1) is 20.3. The molecule has 2 aromatic heterocycles. The molecule has 1 saturated carbocycles. The standard InChI is InChI=1S/C31H44N6O6/c1-10-40-25(41-11-2)16-23-26(22-17-35-36(19-22)24(18-32-9)21-14-12-13-15-21)33-20-34-27(23)37(28(38)42-30(3,4)5)29(39)43-31(6,7)8/h17-21,25H,10-16H2,1-8H3/b24-18-. The number of ether oxygens (including phenoxy) is 4. The first-order valence-corrected chi connectivity index (χ1v) is 14.7. The topological polar surface area (TPSA) is 122 Å². The van der Waals surface area contributed by atoms with E-state index >= 15 is 0 Å². The molecular formula is C31H44N6O6. The summed E-state index contributed by atoms with van der Waals surface area (Å²) in [7, 11) is 0. The van der Waals surface area contributed by atoms with Gasteiger partial charge >= 0.3 is 12.2 Å². The maximum atomic E-state index is 13.6. The number of carbonyl (C=O) groups excluding carboxylic acids is 2. The first-order valence-electron chi connectivity index (χ1n) is 14.7. The molecule has 0 aromatic carbocycles. The second-order valence-corrected chi connectivity index (χ2v) is 12.2. The predicted octanol–water partition coefficient (Wildman–Crippen LogP) is 6.87. The van der Waals surface area contributed by atoms with Crippen LogP contribution in [0.3, 0.4) is 0 Å². The lowest BCUT2D eigenvalue weighted by Gasteiger charge is -2.29. The third kappa shape index (κ3) is 9.33. The van der Waals surface area contributed by atoms with Gasteiger partial charge < -0.3 is 18.9 Å². The van der Waals surface area contributed by atoms with Crippen molar-refractivity contribution in [1.29, 1.82) is 0 Å². The number of imide groups is 1. The van der Waals surface area contributed by atoms with E-state index in [9.17, 15) is 9.59 Å². The quantitative estimate of drug-likeness (QED) is 0.214. The Morgan fingerprint density at radius 3 is 2.14 bits per heavy atom. The number of hydrogen-bond acceptors (Lipinski definition) is 9. The number of anilines is 1. The van der Waals surface area contributed by atoms with Crippen molar-refractivity contribution in [3.8, 4) is 11.3 Å². The summed E-state index contributed by atoms with van der Waals surface area (Å²) in [6, 6.07) is 0. The number of hydrogen-bond donors (Lipinski definition) is 0. The molecule has 12 nitrogen and oxygen atoms in total. The van der Waals surface area contributed by atoms with Crippen molar-refractivity contribution in [2.75, 3.05) is 18.1 Å². The van der Waals surface area contributed by atoms with E-state index in [1.807, 2.05) is 13.8 Å². The smallest absolute Gasteiger partial charge is 0.425 e. The SMILES string of the molecule is [C-]#[N+]/C=C(/C1CCCC1)n1cc(-c2ncnc(N(C(=O)OC(C)(C)C)C(=O)OC(C)(C)C)c2CC(OCC)OCC)cn1. The summed E-state index contributed by atoms with van der Waals surface area (Å²) in [5, 5.41) is 4.58. The van der Waals surface area contributed by atoms with Crippen molar-refractivity contribution in [2.45, 2.75) is 105 Å². The highest BCUT2D eigenvalue weighted by Gasteiger charge is 2.37. The van der Waals surface area contributed by atoms with Crippen molar-refractivity contribution < 1.29 is 28.5 Å². The summed E-state index contributed by atoms with van der Waals surface area (Å²) in [5.74, 6) is 0.218. The predicted molar refractivity (Wildman–Crippen MR) is 162 cm³/mol. The third-order valence-electron chi connectivity index (χ3n) is 6.45. The van der Waals surface area contributed by atoms with E-state index in [4.69, 9.17) is 25.5 Å². The molecule has 2 amide bonds. The molecule has 1 fully saturated rings. The highest BCUT2D eigenvalue weighted by Crippen LogP contribution is 2.36. The Hall–Kier alpha value is -3.82. The van der Waals surface area contributed by atoms with Crippen LogP contribution in [0.1, 0.15) is 86.6 Å². The van der Waals surface area contributed by atoms with E-state index in [2.05, 4.69) is 19.9 Å². The molecule has 2 aromatic rings. The summed E-state index contributed by atoms with van der Waals surface area (Å²) in [6.45, 7) is 22.1. The number of rotatable bonds is 10. The minimum Gasteiger partial charge on any atom is -0.443 e. The van der Waals surface area contributed by atoms with Gasteiger partial charge in [-0.25, -0.2) is 24.4 Å². The molecule has 234 valence electrons. The van der Waals surface area contributed by atoms with Gasteiger partial charge in [-0.1, -0.05) is 12.8 Å². The van der Waals surface area contributed by atoms with Gasteiger partial charge in [0, 0.05) is 42.7 Å². The summed E-state index contributed by atoms with van der Waals surface area (Å²) in [5.41, 5.74) is 0.445. The van der Waals surface area contributed by atoms with E-state index in [0.717, 1.165) is 36.3 Å². The van der Waals surface area contributed by atoms with Crippen molar-refractivity contribution in [3.63, 3.8) is 0 Å². The summed E-state index contributed by atoms with van der Waals surface area (Å²) in [6.07, 6.45) is 7.92. The molecule has 3 rings (SSSR count). The largest absolute Gasteiger partial charge is 0.443 e. The number of amides is 2. The van der Waals surface area contributed by atoms with Crippen LogP contribution >= 0.6 is 0 Å². The van der Waals surface area contributed by atoms with E-state index < -0.39 is 29.7 Å². The van der Waals surface area contributed by atoms with Crippen LogP contribution in [-0.4, -0.2) is 62.6 Å². The van der Waals surface area contributed by atoms with E-state index in [0.29, 0.717) is 30.0 Å². The van der Waals surface area contributed by atoms with Gasteiger partial charge in [0.05, 0.1) is 18.5 Å². The highest BCUT2D eigenvalue weighted by molar-refractivity contribution is 6.09. The average Bonchev–Trinajstić information content (AvgIpc) is 3.59. The molecule has 0 spiro atoms. The van der Waals surface area contributed by atoms with Crippen LogP contribution < -0.4 is 4.90 Å². The fourth-order valence-electron chi connectivity index (χ4n) is 4.83. The Kier molecular flexibility index (Phi) is 11.4. The van der Waals surface area contributed by atoms with Gasteiger partial charge in [-0.3, -0.25) is 4.68 Å². The minimum atomic E-state index is -0.948. The van der Waals surface area contributed by atoms with Crippen LogP contribution in [0.15, 0.2) is 24.9 Å². The zero-order chi connectivity index (χ0) is 31.8. The van der Waals surface area contributed by atoms with Gasteiger partial charge in [0.15, 0.2) is 18.3 Å². The van der Waals surface area contributed by atoms with Crippen LogP contribution in [0.25, 0.3) is 21.8 Å². The molecule has 12 heteroatoms. The molecule has 0 radical (unpaired) electrons. The van der Waals surface area contributed by atoms with Crippen LogP contribution in [0, 0.1) is 12.5 Å². The highest BCUT2D eigenvalue weighted by atomic mass is 16.7. The maximum Gasteiger partial charge on any atom is 0.425 e. The molecule has 0 bridgehead atoms. The summed E-state index contributed by atoms with van der Waals surface area (Å²) in [4.78, 5) is 40.4. The molecule has 0 saturated heterocycles. The molecule has 0 unspecified atom stereocenters. The van der Waals surface area contributed by atoms with Gasteiger partial charge in [0.25, 0.3) is 0 Å². The second-order valence-electron chi connectivity index (χ2n) is 12.2. The van der Waals surface area contributed by atoms with E-state index in [-0.39, 0.29) is 18.2 Å². The molecule has 1 aliphatic carbocycles. The molecule has 2 heterocycles. The third-order valence-corrected chi connectivity index (χ3v) is 6.45. The van der Waals surface area contributed by atoms with Gasteiger partial charge in [0.1, 0.15) is 17.5 Å². The van der Waals surface area contributed by atoms with Crippen LogP contribution in [-0.2, 0) is 25.4 Å². The van der Waals surface area contributed by atoms with Crippen molar-refractivity contribution in [2.24, 2.45) is 5.92 Å². The fraction of sp³-hybridized carbons (Fsp3) is 0.613. The molecule has 0 aliphatic heterocycles. The lowest BCUT2D eigenvalue weighted by molar-refractivity contribution is -0.134. The Morgan fingerprint density at radius 2 is 1.63 bits per heavy atom. The number of nitrogens with zero attached hydrogens (tertiary/aromatic N) is 6. The number of allylic oxidation sites excluding steroid dienone is 1. The van der Waals surface area contributed by atoms with Gasteiger partial charge in [0.2, 0.25) is 0 Å². The van der Waals surface area contributed by atoms with Crippen LogP contribution in [0.2, 0.25) is 0 Å². The van der Waals surface area contributed by atoms with Gasteiger partial charge in [-0.2, -0.15) is 10.00 Å². The Labute approximate surface area is 254 Å². The lowest BCUT2D eigenvalue weighted by atomic mass is 10.0. The zero-order valence-corrected chi connectivity index (χ0v) is 26.5. The molecule has 0 N–H and O–H groups in total. The Morgan fingerprint density at radius 1 is 1.05 bits per heavy atom.